The van der Waals surface area contributed by atoms with E-state index >= 15 is 0 Å². The quantitative estimate of drug-likeness (QED) is 0.437. The Bertz CT molecular complexity index is 955. The molecule has 0 saturated heterocycles. The third-order valence-corrected chi connectivity index (χ3v) is 6.58. The number of carbonyl (C=O) groups is 2. The van der Waals surface area contributed by atoms with E-state index in [0.717, 1.165) is 41.7 Å². The van der Waals surface area contributed by atoms with Gasteiger partial charge in [0.25, 0.3) is 0 Å². The summed E-state index contributed by atoms with van der Waals surface area (Å²) < 4.78 is 15.3. The van der Waals surface area contributed by atoms with Crippen molar-refractivity contribution in [3.05, 3.63) is 57.3 Å². The Morgan fingerprint density at radius 1 is 1.06 bits per heavy atom. The Balaban J connectivity index is 2.04. The summed E-state index contributed by atoms with van der Waals surface area (Å²) in [6.45, 7) is 6.43. The molecule has 2 aromatic rings. The van der Waals surface area contributed by atoms with Crippen molar-refractivity contribution in [3.8, 4) is 5.75 Å². The van der Waals surface area contributed by atoms with Gasteiger partial charge >= 0.3 is 11.9 Å². The molecule has 1 heterocycles. The molecule has 0 saturated carbocycles. The van der Waals surface area contributed by atoms with E-state index in [1.807, 2.05) is 13.8 Å². The molecule has 0 aliphatic carbocycles. The number of allylic oxidation sites excluding steroid dienone is 2. The van der Waals surface area contributed by atoms with Gasteiger partial charge in [0.1, 0.15) is 12.4 Å². The molecule has 6 nitrogen and oxygen atoms in total. The fourth-order valence-corrected chi connectivity index (χ4v) is 4.13. The van der Waals surface area contributed by atoms with Gasteiger partial charge < -0.3 is 19.3 Å². The van der Waals surface area contributed by atoms with Crippen LogP contribution in [0.5, 0.6) is 5.75 Å². The molecule has 7 heteroatoms. The first-order valence-electron chi connectivity index (χ1n) is 10.7. The van der Waals surface area contributed by atoms with Crippen LogP contribution in [0.2, 0.25) is 0 Å². The highest BCUT2D eigenvalue weighted by molar-refractivity contribution is 7.10. The topological polar surface area (TPSA) is 82.1 Å². The van der Waals surface area contributed by atoms with Crippen LogP contribution in [0.25, 0.3) is 5.57 Å². The van der Waals surface area contributed by atoms with Crippen LogP contribution in [0.1, 0.15) is 77.6 Å². The van der Waals surface area contributed by atoms with Crippen LogP contribution in [0.3, 0.4) is 0 Å². The minimum Gasteiger partial charge on any atom is -0.488 e. The van der Waals surface area contributed by atoms with Gasteiger partial charge in [-0.05, 0) is 73.4 Å². The summed E-state index contributed by atoms with van der Waals surface area (Å²) in [6.07, 6.45) is 5.26. The standard InChI is InChI=1S/C25H32O6S/c1-6-25(28,7-2)12-8-9-17(3)18-13-20(32-16-18)15-31-19-10-11-21(23(26)29-4)22(14-19)24(27)30-5/h9-11,13-14,16,28H,6-8,12,15H2,1-5H3/b17-9+. The number of aliphatic hydroxyl groups is 1. The summed E-state index contributed by atoms with van der Waals surface area (Å²) in [5.74, 6) is -0.787. The van der Waals surface area contributed by atoms with Gasteiger partial charge in [-0.1, -0.05) is 19.9 Å². The van der Waals surface area contributed by atoms with Crippen molar-refractivity contribution in [3.63, 3.8) is 0 Å². The number of ether oxygens (including phenoxy) is 3. The maximum Gasteiger partial charge on any atom is 0.338 e. The number of methoxy groups -OCH3 is 2. The first kappa shape index (κ1) is 25.6. The fraction of sp³-hybridized carbons (Fsp3) is 0.440. The van der Waals surface area contributed by atoms with E-state index in [1.165, 1.54) is 26.4 Å². The first-order chi connectivity index (χ1) is 15.3. The normalized spacial score (nSPS) is 11.9. The van der Waals surface area contributed by atoms with Gasteiger partial charge in [0.05, 0.1) is 30.9 Å². The molecule has 0 unspecified atom stereocenters. The van der Waals surface area contributed by atoms with Gasteiger partial charge in [-0.2, -0.15) is 0 Å². The molecular weight excluding hydrogens is 428 g/mol. The van der Waals surface area contributed by atoms with E-state index in [4.69, 9.17) is 14.2 Å². The third kappa shape index (κ3) is 6.68. The van der Waals surface area contributed by atoms with Gasteiger partial charge in [0.15, 0.2) is 0 Å². The van der Waals surface area contributed by atoms with E-state index in [9.17, 15) is 14.7 Å². The maximum atomic E-state index is 12.0. The SMILES string of the molecule is CCC(O)(CC)CC/C=C(\C)c1csc(COc2ccc(C(=O)OC)c(C(=O)OC)c2)c1. The summed E-state index contributed by atoms with van der Waals surface area (Å²) >= 11 is 1.59. The average molecular weight is 461 g/mol. The zero-order valence-corrected chi connectivity index (χ0v) is 20.2. The highest BCUT2D eigenvalue weighted by atomic mass is 32.1. The van der Waals surface area contributed by atoms with E-state index in [2.05, 4.69) is 24.4 Å². The molecule has 0 atom stereocenters. The summed E-state index contributed by atoms with van der Waals surface area (Å²) in [5.41, 5.74) is 1.93. The van der Waals surface area contributed by atoms with E-state index in [1.54, 1.807) is 17.4 Å². The summed E-state index contributed by atoms with van der Waals surface area (Å²) in [7, 11) is 2.51. The van der Waals surface area contributed by atoms with Crippen LogP contribution in [-0.2, 0) is 16.1 Å². The molecular formula is C25H32O6S. The van der Waals surface area contributed by atoms with Crippen molar-refractivity contribution in [2.75, 3.05) is 14.2 Å². The lowest BCUT2D eigenvalue weighted by Gasteiger charge is -2.24. The molecule has 174 valence electrons. The van der Waals surface area contributed by atoms with Gasteiger partial charge in [0, 0.05) is 4.88 Å². The lowest BCUT2D eigenvalue weighted by Crippen LogP contribution is -2.25. The van der Waals surface area contributed by atoms with Gasteiger partial charge in [0.2, 0.25) is 0 Å². The van der Waals surface area contributed by atoms with Crippen molar-refractivity contribution in [1.82, 2.24) is 0 Å². The number of hydrogen-bond acceptors (Lipinski definition) is 7. The lowest BCUT2D eigenvalue weighted by molar-refractivity contribution is 0.0246. The highest BCUT2D eigenvalue weighted by Gasteiger charge is 2.21. The fourth-order valence-electron chi connectivity index (χ4n) is 3.28. The lowest BCUT2D eigenvalue weighted by atomic mass is 9.91. The van der Waals surface area contributed by atoms with Crippen LogP contribution in [-0.4, -0.2) is 36.9 Å². The zero-order chi connectivity index (χ0) is 23.7. The molecule has 1 aromatic heterocycles. The molecule has 0 amide bonds. The van der Waals surface area contributed by atoms with Crippen molar-refractivity contribution in [2.24, 2.45) is 0 Å². The molecule has 0 aliphatic heterocycles. The minimum atomic E-state index is -0.631. The molecule has 0 spiro atoms. The summed E-state index contributed by atoms with van der Waals surface area (Å²) in [4.78, 5) is 25.0. The molecule has 32 heavy (non-hydrogen) atoms. The van der Waals surface area contributed by atoms with Crippen molar-refractivity contribution < 1.29 is 28.9 Å². The second-order valence-corrected chi connectivity index (χ2v) is 8.63. The number of benzene rings is 1. The molecule has 0 bridgehead atoms. The van der Waals surface area contributed by atoms with Crippen LogP contribution in [0.15, 0.2) is 35.7 Å². The highest BCUT2D eigenvalue weighted by Crippen LogP contribution is 2.27. The predicted octanol–water partition coefficient (Wildman–Crippen LogP) is 5.63. The van der Waals surface area contributed by atoms with Crippen molar-refractivity contribution >= 4 is 28.8 Å². The molecule has 0 fully saturated rings. The predicted molar refractivity (Wildman–Crippen MR) is 126 cm³/mol. The van der Waals surface area contributed by atoms with Crippen LogP contribution in [0.4, 0.5) is 0 Å². The first-order valence-corrected chi connectivity index (χ1v) is 11.5. The van der Waals surface area contributed by atoms with Crippen molar-refractivity contribution in [1.29, 1.82) is 0 Å². The largest absolute Gasteiger partial charge is 0.488 e. The number of hydrogen-bond donors (Lipinski definition) is 1. The molecule has 0 radical (unpaired) electrons. The van der Waals surface area contributed by atoms with E-state index in [0.29, 0.717) is 12.4 Å². The van der Waals surface area contributed by atoms with Gasteiger partial charge in [-0.3, -0.25) is 0 Å². The zero-order valence-electron chi connectivity index (χ0n) is 19.4. The molecule has 0 aliphatic rings. The number of esters is 2. The second kappa shape index (κ2) is 11.8. The van der Waals surface area contributed by atoms with Gasteiger partial charge in [-0.15, -0.1) is 11.3 Å². The Kier molecular flexibility index (Phi) is 9.47. The molecule has 1 N–H and O–H groups in total. The monoisotopic (exact) mass is 460 g/mol. The van der Waals surface area contributed by atoms with Crippen molar-refractivity contribution in [2.45, 2.75) is 58.7 Å². The Hall–Kier alpha value is -2.64. The molecule has 1 aromatic carbocycles. The van der Waals surface area contributed by atoms with E-state index in [-0.39, 0.29) is 11.1 Å². The second-order valence-electron chi connectivity index (χ2n) is 7.64. The Labute approximate surface area is 193 Å². The van der Waals surface area contributed by atoms with Crippen LogP contribution < -0.4 is 4.74 Å². The van der Waals surface area contributed by atoms with Crippen LogP contribution in [0, 0.1) is 0 Å². The number of rotatable bonds is 11. The number of carbonyl (C=O) groups excluding carboxylic acids is 2. The number of thiophene rings is 1. The Morgan fingerprint density at radius 3 is 2.34 bits per heavy atom. The smallest absolute Gasteiger partial charge is 0.338 e. The molecule has 2 rings (SSSR count). The Morgan fingerprint density at radius 2 is 1.72 bits per heavy atom. The average Bonchev–Trinajstić information content (AvgIpc) is 3.30. The maximum absolute atomic E-state index is 12.0. The van der Waals surface area contributed by atoms with E-state index < -0.39 is 17.5 Å². The summed E-state index contributed by atoms with van der Waals surface area (Å²) in [6, 6.07) is 6.68. The minimum absolute atomic E-state index is 0.0987. The summed E-state index contributed by atoms with van der Waals surface area (Å²) in [5, 5.41) is 12.5. The third-order valence-electron chi connectivity index (χ3n) is 5.67. The van der Waals surface area contributed by atoms with Crippen LogP contribution >= 0.6 is 11.3 Å². The van der Waals surface area contributed by atoms with Gasteiger partial charge in [-0.25, -0.2) is 9.59 Å².